The minimum atomic E-state index is -0.462. The minimum Gasteiger partial charge on any atom is -0.438 e. The second-order valence-corrected chi connectivity index (χ2v) is 10.0. The Labute approximate surface area is 232 Å². The number of ether oxygens (including phenoxy) is 2. The maximum atomic E-state index is 13.4. The average molecular weight is 566 g/mol. The zero-order valence-electron chi connectivity index (χ0n) is 19.7. The highest BCUT2D eigenvalue weighted by atomic mass is 35.5. The summed E-state index contributed by atoms with van der Waals surface area (Å²) >= 11 is 18.1. The van der Waals surface area contributed by atoms with Gasteiger partial charge in [-0.3, -0.25) is 4.90 Å². The van der Waals surface area contributed by atoms with Gasteiger partial charge in [-0.15, -0.1) is 10.2 Å². The van der Waals surface area contributed by atoms with E-state index in [0.717, 1.165) is 27.7 Å². The highest BCUT2D eigenvalue weighted by molar-refractivity contribution is 6.31. The number of rotatable bonds is 4. The average Bonchev–Trinajstić information content (AvgIpc) is 3.29. The molecule has 1 unspecified atom stereocenters. The largest absolute Gasteiger partial charge is 0.438 e. The SMILES string of the molecule is O=C(Oc1ccc(Cl)cc1)N1CCc2c([nH]c3ccc(Cl)cc23)C1c1ccc(Oc2ccc(Cl)nn2)cc1. The molecule has 1 aliphatic rings. The third kappa shape index (κ3) is 4.88. The molecular formula is C28H19Cl3N4O3. The molecular weight excluding hydrogens is 547 g/mol. The summed E-state index contributed by atoms with van der Waals surface area (Å²) in [6.07, 6.45) is 0.189. The number of nitrogens with zero attached hydrogens (tertiary/aromatic N) is 3. The van der Waals surface area contributed by atoms with Gasteiger partial charge in [0.2, 0.25) is 5.88 Å². The Morgan fingerprint density at radius 3 is 2.34 bits per heavy atom. The van der Waals surface area contributed by atoms with E-state index in [4.69, 9.17) is 44.3 Å². The lowest BCUT2D eigenvalue weighted by molar-refractivity contribution is 0.135. The van der Waals surface area contributed by atoms with Gasteiger partial charge in [-0.1, -0.05) is 46.9 Å². The van der Waals surface area contributed by atoms with E-state index in [1.165, 1.54) is 0 Å². The van der Waals surface area contributed by atoms with Gasteiger partial charge in [0.15, 0.2) is 5.15 Å². The molecule has 10 heteroatoms. The monoisotopic (exact) mass is 564 g/mol. The van der Waals surface area contributed by atoms with Crippen LogP contribution in [0.4, 0.5) is 4.79 Å². The molecule has 3 aromatic carbocycles. The number of nitrogens with one attached hydrogen (secondary N) is 1. The molecule has 38 heavy (non-hydrogen) atoms. The molecule has 1 aliphatic heterocycles. The molecule has 0 saturated carbocycles. The molecule has 0 radical (unpaired) electrons. The number of carbonyl (C=O) groups excluding carboxylic acids is 1. The molecule has 1 atom stereocenters. The number of hydrogen-bond donors (Lipinski definition) is 1. The van der Waals surface area contributed by atoms with Crippen LogP contribution in [0.3, 0.4) is 0 Å². The lowest BCUT2D eigenvalue weighted by Gasteiger charge is -2.35. The maximum Gasteiger partial charge on any atom is 0.416 e. The lowest BCUT2D eigenvalue weighted by Crippen LogP contribution is -2.42. The zero-order chi connectivity index (χ0) is 26.2. The first kappa shape index (κ1) is 24.6. The Kier molecular flexibility index (Phi) is 6.57. The number of fused-ring (bicyclic) bond motifs is 3. The van der Waals surface area contributed by atoms with Crippen LogP contribution in [0.15, 0.2) is 78.9 Å². The van der Waals surface area contributed by atoms with Crippen molar-refractivity contribution in [3.8, 4) is 17.4 Å². The van der Waals surface area contributed by atoms with Gasteiger partial charge in [0.25, 0.3) is 0 Å². The Morgan fingerprint density at radius 2 is 1.61 bits per heavy atom. The first-order valence-electron chi connectivity index (χ1n) is 11.8. The molecule has 5 aromatic rings. The van der Waals surface area contributed by atoms with E-state index >= 15 is 0 Å². The van der Waals surface area contributed by atoms with Crippen molar-refractivity contribution in [2.24, 2.45) is 0 Å². The van der Waals surface area contributed by atoms with E-state index in [0.29, 0.717) is 40.4 Å². The van der Waals surface area contributed by atoms with E-state index in [1.807, 2.05) is 42.5 Å². The first-order chi connectivity index (χ1) is 18.4. The molecule has 0 aliphatic carbocycles. The van der Waals surface area contributed by atoms with Gasteiger partial charge >= 0.3 is 6.09 Å². The van der Waals surface area contributed by atoms with E-state index in [-0.39, 0.29) is 5.15 Å². The fourth-order valence-corrected chi connectivity index (χ4v) is 5.06. The van der Waals surface area contributed by atoms with Crippen molar-refractivity contribution in [1.82, 2.24) is 20.1 Å². The molecule has 1 amide bonds. The molecule has 0 fully saturated rings. The molecule has 1 N–H and O–H groups in total. The number of aromatic nitrogens is 3. The fraction of sp³-hybridized carbons (Fsp3) is 0.107. The second kappa shape index (κ2) is 10.2. The molecule has 0 saturated heterocycles. The van der Waals surface area contributed by atoms with Crippen LogP contribution in [-0.4, -0.2) is 32.7 Å². The van der Waals surface area contributed by atoms with Crippen LogP contribution in [0.5, 0.6) is 17.4 Å². The van der Waals surface area contributed by atoms with E-state index in [2.05, 4.69) is 15.2 Å². The first-order valence-corrected chi connectivity index (χ1v) is 12.9. The maximum absolute atomic E-state index is 13.4. The summed E-state index contributed by atoms with van der Waals surface area (Å²) in [5, 5.41) is 10.3. The van der Waals surface area contributed by atoms with Crippen LogP contribution >= 0.6 is 34.8 Å². The van der Waals surface area contributed by atoms with Crippen LogP contribution in [-0.2, 0) is 6.42 Å². The van der Waals surface area contributed by atoms with Gasteiger partial charge < -0.3 is 14.5 Å². The Morgan fingerprint density at radius 1 is 0.868 bits per heavy atom. The Bertz CT molecular complexity index is 1620. The summed E-state index contributed by atoms with van der Waals surface area (Å²) in [6, 6.07) is 22.7. The summed E-state index contributed by atoms with van der Waals surface area (Å²) < 4.78 is 11.5. The molecule has 0 spiro atoms. The van der Waals surface area contributed by atoms with Crippen molar-refractivity contribution in [3.05, 3.63) is 111 Å². The van der Waals surface area contributed by atoms with Crippen molar-refractivity contribution < 1.29 is 14.3 Å². The van der Waals surface area contributed by atoms with Gasteiger partial charge in [0.05, 0.1) is 0 Å². The Hall–Kier alpha value is -3.78. The fourth-order valence-electron chi connectivity index (χ4n) is 4.66. The number of halogens is 3. The topological polar surface area (TPSA) is 80.3 Å². The van der Waals surface area contributed by atoms with E-state index in [9.17, 15) is 4.79 Å². The normalized spacial score (nSPS) is 14.8. The summed E-state index contributed by atoms with van der Waals surface area (Å²) in [5.74, 6) is 1.31. The van der Waals surface area contributed by atoms with Gasteiger partial charge in [-0.25, -0.2) is 4.79 Å². The number of aromatic amines is 1. The van der Waals surface area contributed by atoms with E-state index < -0.39 is 12.1 Å². The van der Waals surface area contributed by atoms with Crippen LogP contribution in [0.25, 0.3) is 10.9 Å². The summed E-state index contributed by atoms with van der Waals surface area (Å²) in [5.41, 5.74) is 3.88. The number of carbonyl (C=O) groups is 1. The minimum absolute atomic E-state index is 0.283. The number of benzene rings is 3. The van der Waals surface area contributed by atoms with Crippen LogP contribution in [0, 0.1) is 0 Å². The number of amides is 1. The standard InChI is InChI=1S/C28H19Cl3N4O3/c29-17-3-8-20(9-4-17)38-28(36)35-14-13-21-22-15-18(30)5-10-23(22)32-26(21)27(35)16-1-6-19(7-2-16)37-25-12-11-24(31)33-34-25/h1-12,15,27,32H,13-14H2. The summed E-state index contributed by atoms with van der Waals surface area (Å²) in [6.45, 7) is 0.460. The highest BCUT2D eigenvalue weighted by Gasteiger charge is 2.35. The third-order valence-electron chi connectivity index (χ3n) is 6.37. The van der Waals surface area contributed by atoms with Crippen molar-refractivity contribution >= 4 is 51.8 Å². The zero-order valence-corrected chi connectivity index (χ0v) is 22.0. The van der Waals surface area contributed by atoms with Gasteiger partial charge in [0.1, 0.15) is 17.5 Å². The molecule has 3 heterocycles. The molecule has 0 bridgehead atoms. The van der Waals surface area contributed by atoms with E-state index in [1.54, 1.807) is 41.3 Å². The third-order valence-corrected chi connectivity index (χ3v) is 7.06. The molecule has 2 aromatic heterocycles. The number of H-pyrrole nitrogens is 1. The van der Waals surface area contributed by atoms with Gasteiger partial charge in [-0.05, 0) is 78.2 Å². The lowest BCUT2D eigenvalue weighted by atomic mass is 9.92. The van der Waals surface area contributed by atoms with Crippen molar-refractivity contribution in [2.75, 3.05) is 6.54 Å². The summed E-state index contributed by atoms with van der Waals surface area (Å²) in [4.78, 5) is 18.7. The molecule has 190 valence electrons. The van der Waals surface area contributed by atoms with Crippen molar-refractivity contribution in [3.63, 3.8) is 0 Å². The van der Waals surface area contributed by atoms with Crippen LogP contribution in [0.1, 0.15) is 22.9 Å². The quantitative estimate of drug-likeness (QED) is 0.240. The predicted molar refractivity (Wildman–Crippen MR) is 147 cm³/mol. The van der Waals surface area contributed by atoms with Crippen LogP contribution in [0.2, 0.25) is 15.2 Å². The Balaban J connectivity index is 1.36. The van der Waals surface area contributed by atoms with Gasteiger partial charge in [-0.2, -0.15) is 0 Å². The summed E-state index contributed by atoms with van der Waals surface area (Å²) in [7, 11) is 0. The van der Waals surface area contributed by atoms with Crippen molar-refractivity contribution in [1.29, 1.82) is 0 Å². The second-order valence-electron chi connectivity index (χ2n) is 8.74. The van der Waals surface area contributed by atoms with Gasteiger partial charge in [0, 0.05) is 39.3 Å². The molecule has 7 nitrogen and oxygen atoms in total. The molecule has 6 rings (SSSR count). The van der Waals surface area contributed by atoms with Crippen LogP contribution < -0.4 is 9.47 Å². The van der Waals surface area contributed by atoms with Crippen molar-refractivity contribution in [2.45, 2.75) is 12.5 Å². The predicted octanol–water partition coefficient (Wildman–Crippen LogP) is 7.86. The highest BCUT2D eigenvalue weighted by Crippen LogP contribution is 2.40. The smallest absolute Gasteiger partial charge is 0.416 e. The number of hydrogen-bond acceptors (Lipinski definition) is 5.